The molecule has 0 fully saturated rings. The van der Waals surface area contributed by atoms with Crippen LogP contribution in [0.5, 0.6) is 0 Å². The maximum Gasteiger partial charge on any atom is 0.261 e. The molecule has 0 bridgehead atoms. The van der Waals surface area contributed by atoms with Crippen LogP contribution in [0.15, 0.2) is 66.0 Å². The quantitative estimate of drug-likeness (QED) is 0.530. The van der Waals surface area contributed by atoms with Crippen LogP contribution in [0.1, 0.15) is 31.2 Å². The highest BCUT2D eigenvalue weighted by molar-refractivity contribution is 7.92. The summed E-state index contributed by atoms with van der Waals surface area (Å²) in [5, 5.41) is 7.36. The summed E-state index contributed by atoms with van der Waals surface area (Å²) in [5.74, 6) is -0.639. The number of carbonyl (C=O) groups excluding carboxylic acids is 2. The fraction of sp³-hybridized carbons (Fsp3) is 0.217. The molecule has 0 radical (unpaired) electrons. The molecular weight excluding hydrogens is 446 g/mol. The Morgan fingerprint density at radius 3 is 2.47 bits per heavy atom. The summed E-state index contributed by atoms with van der Waals surface area (Å²) in [6.45, 7) is 0.812. The van der Waals surface area contributed by atoms with Crippen LogP contribution in [0.4, 0.5) is 5.69 Å². The average molecular weight is 470 g/mol. The van der Waals surface area contributed by atoms with Gasteiger partial charge in [-0.25, -0.2) is 8.42 Å². The molecule has 0 saturated heterocycles. The molecule has 1 aliphatic rings. The third kappa shape index (κ3) is 5.00. The molecule has 2 heterocycles. The van der Waals surface area contributed by atoms with Crippen molar-refractivity contribution in [3.63, 3.8) is 0 Å². The van der Waals surface area contributed by atoms with Gasteiger partial charge < -0.3 is 10.6 Å². The maximum atomic E-state index is 12.7. The Hall–Kier alpha value is -3.17. The van der Waals surface area contributed by atoms with E-state index < -0.39 is 10.0 Å². The number of rotatable bonds is 8. The third-order valence-corrected chi connectivity index (χ3v) is 7.88. The van der Waals surface area contributed by atoms with Crippen molar-refractivity contribution in [3.8, 4) is 0 Å². The molecule has 32 heavy (non-hydrogen) atoms. The summed E-state index contributed by atoms with van der Waals surface area (Å²) < 4.78 is 26.8. The van der Waals surface area contributed by atoms with Crippen molar-refractivity contribution >= 4 is 38.9 Å². The third-order valence-electron chi connectivity index (χ3n) is 5.24. The van der Waals surface area contributed by atoms with Crippen LogP contribution >= 0.6 is 11.3 Å². The molecule has 2 amide bonds. The van der Waals surface area contributed by atoms with Gasteiger partial charge in [-0.3, -0.25) is 13.9 Å². The first-order valence-electron chi connectivity index (χ1n) is 10.2. The van der Waals surface area contributed by atoms with Crippen LogP contribution in [0.2, 0.25) is 0 Å². The van der Waals surface area contributed by atoms with E-state index in [-0.39, 0.29) is 24.1 Å². The molecule has 0 spiro atoms. The minimum atomic E-state index is -3.51. The molecule has 1 aromatic heterocycles. The largest absolute Gasteiger partial charge is 0.351 e. The molecule has 1 aliphatic heterocycles. The first-order chi connectivity index (χ1) is 15.4. The van der Waals surface area contributed by atoms with Crippen molar-refractivity contribution in [2.45, 2.75) is 13.0 Å². The molecule has 2 N–H and O–H groups in total. The molecule has 166 valence electrons. The van der Waals surface area contributed by atoms with E-state index in [1.165, 1.54) is 15.6 Å². The molecule has 0 atom stereocenters. The van der Waals surface area contributed by atoms with Crippen molar-refractivity contribution in [3.05, 3.63) is 87.6 Å². The highest BCUT2D eigenvalue weighted by Crippen LogP contribution is 2.29. The van der Waals surface area contributed by atoms with E-state index in [1.54, 1.807) is 30.3 Å². The lowest BCUT2D eigenvalue weighted by Crippen LogP contribution is -2.37. The minimum absolute atomic E-state index is 0.0262. The standard InChI is InChI=1S/C23H23N3O4S2/c27-22(19-9-7-17(8-10-19)16-25-23(28)21-6-3-14-31-21)24-12-15-32(29,30)26-13-11-18-4-1-2-5-20(18)26/h1-10,14H,11-13,15-16H2,(H,24,27)(H,25,28). The molecule has 0 aliphatic carbocycles. The number of thiophene rings is 1. The molecule has 7 nitrogen and oxygen atoms in total. The smallest absolute Gasteiger partial charge is 0.261 e. The zero-order chi connectivity index (χ0) is 22.6. The fourth-order valence-corrected chi connectivity index (χ4v) is 5.62. The molecular formula is C23H23N3O4S2. The summed E-state index contributed by atoms with van der Waals surface area (Å²) in [5.41, 5.74) is 3.04. The lowest BCUT2D eigenvalue weighted by atomic mass is 10.1. The van der Waals surface area contributed by atoms with Crippen LogP contribution in [0, 0.1) is 0 Å². The Balaban J connectivity index is 1.26. The van der Waals surface area contributed by atoms with Gasteiger partial charge in [0.2, 0.25) is 10.0 Å². The molecule has 0 saturated carbocycles. The van der Waals surface area contributed by atoms with E-state index in [4.69, 9.17) is 0 Å². The molecule has 2 aromatic carbocycles. The Morgan fingerprint density at radius 2 is 1.72 bits per heavy atom. The first-order valence-corrected chi connectivity index (χ1v) is 12.7. The highest BCUT2D eigenvalue weighted by atomic mass is 32.2. The molecule has 4 rings (SSSR count). The lowest BCUT2D eigenvalue weighted by molar-refractivity contribution is 0.0946. The van der Waals surface area contributed by atoms with Gasteiger partial charge in [0, 0.05) is 25.2 Å². The van der Waals surface area contributed by atoms with E-state index in [1.807, 2.05) is 35.7 Å². The number of sulfonamides is 1. The molecule has 9 heteroatoms. The number of anilines is 1. The van der Waals surface area contributed by atoms with Gasteiger partial charge in [0.25, 0.3) is 11.8 Å². The zero-order valence-electron chi connectivity index (χ0n) is 17.3. The number of para-hydroxylation sites is 1. The van der Waals surface area contributed by atoms with Crippen LogP contribution in [0.3, 0.4) is 0 Å². The fourth-order valence-electron chi connectivity index (χ4n) is 3.55. The maximum absolute atomic E-state index is 12.7. The molecule has 0 unspecified atom stereocenters. The predicted octanol–water partition coefficient (Wildman–Crippen LogP) is 2.80. The average Bonchev–Trinajstić information content (AvgIpc) is 3.48. The number of benzene rings is 2. The number of nitrogens with one attached hydrogen (secondary N) is 2. The minimum Gasteiger partial charge on any atom is -0.351 e. The van der Waals surface area contributed by atoms with Gasteiger partial charge in [0.1, 0.15) is 0 Å². The topological polar surface area (TPSA) is 95.6 Å². The van der Waals surface area contributed by atoms with Crippen LogP contribution in [-0.4, -0.2) is 39.1 Å². The van der Waals surface area contributed by atoms with Crippen LogP contribution < -0.4 is 14.9 Å². The number of fused-ring (bicyclic) bond motifs is 1. The molecule has 3 aromatic rings. The van der Waals surface area contributed by atoms with Crippen molar-refractivity contribution in [2.75, 3.05) is 23.1 Å². The Kier molecular flexibility index (Phi) is 6.57. The summed E-state index contributed by atoms with van der Waals surface area (Å²) in [6, 6.07) is 17.9. The van der Waals surface area contributed by atoms with Crippen molar-refractivity contribution in [1.29, 1.82) is 0 Å². The van der Waals surface area contributed by atoms with Crippen molar-refractivity contribution < 1.29 is 18.0 Å². The van der Waals surface area contributed by atoms with E-state index in [2.05, 4.69) is 10.6 Å². The van der Waals surface area contributed by atoms with Gasteiger partial charge in [0.05, 0.1) is 16.3 Å². The van der Waals surface area contributed by atoms with Gasteiger partial charge in [0.15, 0.2) is 0 Å². The zero-order valence-corrected chi connectivity index (χ0v) is 18.9. The van der Waals surface area contributed by atoms with E-state index in [0.717, 1.165) is 16.8 Å². The Morgan fingerprint density at radius 1 is 0.938 bits per heavy atom. The van der Waals surface area contributed by atoms with E-state index in [0.29, 0.717) is 30.0 Å². The monoisotopic (exact) mass is 469 g/mol. The highest BCUT2D eigenvalue weighted by Gasteiger charge is 2.28. The number of amides is 2. The normalized spacial score (nSPS) is 12.9. The van der Waals surface area contributed by atoms with Crippen molar-refractivity contribution in [1.82, 2.24) is 10.6 Å². The summed E-state index contributed by atoms with van der Waals surface area (Å²) in [4.78, 5) is 25.0. The number of carbonyl (C=O) groups is 2. The second kappa shape index (κ2) is 9.54. The van der Waals surface area contributed by atoms with Gasteiger partial charge in [-0.05, 0) is 47.2 Å². The van der Waals surface area contributed by atoms with Crippen molar-refractivity contribution in [2.24, 2.45) is 0 Å². The van der Waals surface area contributed by atoms with Gasteiger partial charge >= 0.3 is 0 Å². The summed E-state index contributed by atoms with van der Waals surface area (Å²) in [7, 11) is -3.51. The second-order valence-corrected chi connectivity index (χ2v) is 10.3. The second-order valence-electron chi connectivity index (χ2n) is 7.38. The van der Waals surface area contributed by atoms with Gasteiger partial charge in [-0.2, -0.15) is 0 Å². The summed E-state index contributed by atoms with van der Waals surface area (Å²) in [6.07, 6.45) is 0.696. The summed E-state index contributed by atoms with van der Waals surface area (Å²) >= 11 is 1.38. The first kappa shape index (κ1) is 22.0. The van der Waals surface area contributed by atoms with E-state index in [9.17, 15) is 18.0 Å². The van der Waals surface area contributed by atoms with Crippen LogP contribution in [-0.2, 0) is 23.0 Å². The number of hydrogen-bond acceptors (Lipinski definition) is 5. The lowest BCUT2D eigenvalue weighted by Gasteiger charge is -2.19. The SMILES string of the molecule is O=C(NCCS(=O)(=O)N1CCc2ccccc21)c1ccc(CNC(=O)c2cccs2)cc1. The van der Waals surface area contributed by atoms with Gasteiger partial charge in [-0.15, -0.1) is 11.3 Å². The Labute approximate surface area is 191 Å². The van der Waals surface area contributed by atoms with E-state index >= 15 is 0 Å². The van der Waals surface area contributed by atoms with Crippen LogP contribution in [0.25, 0.3) is 0 Å². The number of hydrogen-bond donors (Lipinski definition) is 2. The predicted molar refractivity (Wildman–Crippen MR) is 126 cm³/mol. The van der Waals surface area contributed by atoms with Gasteiger partial charge in [-0.1, -0.05) is 36.4 Å². The number of nitrogens with zero attached hydrogens (tertiary/aromatic N) is 1. The Bertz CT molecular complexity index is 1210.